The molecular formula is C12H20N4O7S. The predicted molar refractivity (Wildman–Crippen MR) is 84.3 cm³/mol. The Hall–Kier alpha value is -2.34. The molecule has 0 saturated heterocycles. The molecule has 11 nitrogen and oxygen atoms in total. The first-order valence-electron chi connectivity index (χ1n) is 6.77. The van der Waals surface area contributed by atoms with Gasteiger partial charge in [-0.3, -0.25) is 24.0 Å². The minimum absolute atomic E-state index is 0.101. The number of nitrogens with two attached hydrogens (primary N) is 1. The fourth-order valence-corrected chi connectivity index (χ4v) is 1.65. The standard InChI is InChI=1S/C12H20N4O7S/c1-5(12(22)23)15-11(21)7(4-24)16-8(17)3-14-10(20)6(13)2-9(18)19/h5-7,24H,2-4,13H2,1H3,(H,14,20)(H,15,21)(H,16,17)(H,18,19)(H,22,23). The van der Waals surface area contributed by atoms with Gasteiger partial charge in [-0.15, -0.1) is 0 Å². The van der Waals surface area contributed by atoms with Crippen LogP contribution >= 0.6 is 12.6 Å². The van der Waals surface area contributed by atoms with E-state index in [1.165, 1.54) is 6.92 Å². The molecule has 3 atom stereocenters. The first kappa shape index (κ1) is 21.7. The van der Waals surface area contributed by atoms with E-state index in [-0.39, 0.29) is 5.75 Å². The molecule has 24 heavy (non-hydrogen) atoms. The van der Waals surface area contributed by atoms with E-state index in [0.29, 0.717) is 0 Å². The SMILES string of the molecule is CC(NC(=O)C(CS)NC(=O)CNC(=O)C(N)CC(=O)O)C(=O)O. The second kappa shape index (κ2) is 10.4. The summed E-state index contributed by atoms with van der Waals surface area (Å²) in [5, 5.41) is 23.7. The van der Waals surface area contributed by atoms with Gasteiger partial charge < -0.3 is 31.9 Å². The lowest BCUT2D eigenvalue weighted by Crippen LogP contribution is -2.54. The minimum Gasteiger partial charge on any atom is -0.481 e. The van der Waals surface area contributed by atoms with Crippen LogP contribution in [0.4, 0.5) is 0 Å². The largest absolute Gasteiger partial charge is 0.481 e. The van der Waals surface area contributed by atoms with Crippen LogP contribution in [0.2, 0.25) is 0 Å². The van der Waals surface area contributed by atoms with Crippen LogP contribution in [0.15, 0.2) is 0 Å². The fraction of sp³-hybridized carbons (Fsp3) is 0.583. The van der Waals surface area contributed by atoms with Gasteiger partial charge >= 0.3 is 11.9 Å². The quantitative estimate of drug-likeness (QED) is 0.198. The van der Waals surface area contributed by atoms with E-state index in [9.17, 15) is 24.0 Å². The number of hydrogen-bond donors (Lipinski definition) is 7. The highest BCUT2D eigenvalue weighted by Crippen LogP contribution is 1.92. The van der Waals surface area contributed by atoms with Gasteiger partial charge in [0.15, 0.2) is 0 Å². The van der Waals surface area contributed by atoms with Gasteiger partial charge in [0.05, 0.1) is 19.0 Å². The van der Waals surface area contributed by atoms with Gasteiger partial charge in [-0.1, -0.05) is 0 Å². The van der Waals surface area contributed by atoms with Crippen molar-refractivity contribution in [3.05, 3.63) is 0 Å². The third-order valence-electron chi connectivity index (χ3n) is 2.72. The summed E-state index contributed by atoms with van der Waals surface area (Å²) < 4.78 is 0. The van der Waals surface area contributed by atoms with E-state index in [4.69, 9.17) is 15.9 Å². The van der Waals surface area contributed by atoms with Crippen LogP contribution in [-0.4, -0.2) is 70.3 Å². The number of thiol groups is 1. The molecule has 0 aromatic rings. The molecule has 12 heteroatoms. The van der Waals surface area contributed by atoms with Crippen LogP contribution in [0.1, 0.15) is 13.3 Å². The summed E-state index contributed by atoms with van der Waals surface area (Å²) in [4.78, 5) is 56.0. The van der Waals surface area contributed by atoms with Crippen molar-refractivity contribution in [3.8, 4) is 0 Å². The highest BCUT2D eigenvalue weighted by Gasteiger charge is 2.23. The summed E-state index contributed by atoms with van der Waals surface area (Å²) >= 11 is 3.89. The normalized spacial score (nSPS) is 14.0. The highest BCUT2D eigenvalue weighted by atomic mass is 32.1. The predicted octanol–water partition coefficient (Wildman–Crippen LogP) is -3.09. The lowest BCUT2D eigenvalue weighted by atomic mass is 10.2. The average Bonchev–Trinajstić information content (AvgIpc) is 2.48. The number of nitrogens with one attached hydrogen (secondary N) is 3. The summed E-state index contributed by atoms with van der Waals surface area (Å²) in [5.74, 6) is -4.94. The second-order valence-electron chi connectivity index (χ2n) is 4.79. The second-order valence-corrected chi connectivity index (χ2v) is 5.16. The zero-order valence-electron chi connectivity index (χ0n) is 12.8. The van der Waals surface area contributed by atoms with Crippen LogP contribution in [0, 0.1) is 0 Å². The molecule has 0 aromatic heterocycles. The van der Waals surface area contributed by atoms with Crippen molar-refractivity contribution in [2.75, 3.05) is 12.3 Å². The van der Waals surface area contributed by atoms with E-state index in [0.717, 1.165) is 0 Å². The molecule has 0 saturated carbocycles. The molecule has 0 radical (unpaired) electrons. The fourth-order valence-electron chi connectivity index (χ4n) is 1.39. The number of aliphatic carboxylic acids is 2. The van der Waals surface area contributed by atoms with Crippen molar-refractivity contribution in [3.63, 3.8) is 0 Å². The van der Waals surface area contributed by atoms with E-state index in [2.05, 4.69) is 28.6 Å². The topological polar surface area (TPSA) is 188 Å². The van der Waals surface area contributed by atoms with Gasteiger partial charge in [-0.25, -0.2) is 0 Å². The summed E-state index contributed by atoms with van der Waals surface area (Å²) in [7, 11) is 0. The number of amides is 3. The summed E-state index contributed by atoms with van der Waals surface area (Å²) in [6, 6.07) is -3.56. The van der Waals surface area contributed by atoms with Crippen molar-refractivity contribution in [2.24, 2.45) is 5.73 Å². The smallest absolute Gasteiger partial charge is 0.325 e. The number of rotatable bonds is 10. The van der Waals surface area contributed by atoms with Crippen molar-refractivity contribution in [2.45, 2.75) is 31.5 Å². The Morgan fingerprint density at radius 1 is 1.08 bits per heavy atom. The number of carbonyl (C=O) groups excluding carboxylic acids is 3. The van der Waals surface area contributed by atoms with Crippen LogP contribution in [0.3, 0.4) is 0 Å². The lowest BCUT2D eigenvalue weighted by Gasteiger charge is -2.18. The van der Waals surface area contributed by atoms with Crippen molar-refractivity contribution >= 4 is 42.3 Å². The Labute approximate surface area is 142 Å². The summed E-state index contributed by atoms with van der Waals surface area (Å²) in [6.45, 7) is 0.722. The van der Waals surface area contributed by atoms with E-state index >= 15 is 0 Å². The first-order chi connectivity index (χ1) is 11.1. The first-order valence-corrected chi connectivity index (χ1v) is 7.40. The van der Waals surface area contributed by atoms with Crippen LogP contribution < -0.4 is 21.7 Å². The summed E-state index contributed by atoms with van der Waals surface area (Å²) in [6.07, 6.45) is -0.595. The van der Waals surface area contributed by atoms with Crippen LogP contribution in [-0.2, 0) is 24.0 Å². The molecule has 136 valence electrons. The summed E-state index contributed by atoms with van der Waals surface area (Å²) in [5.41, 5.74) is 5.31. The molecule has 0 heterocycles. The van der Waals surface area contributed by atoms with Gasteiger partial charge in [0.1, 0.15) is 12.1 Å². The Balaban J connectivity index is 4.41. The Morgan fingerprint density at radius 3 is 2.12 bits per heavy atom. The Kier molecular flexibility index (Phi) is 9.42. The monoisotopic (exact) mass is 364 g/mol. The van der Waals surface area contributed by atoms with E-state index in [1.54, 1.807) is 0 Å². The number of carbonyl (C=O) groups is 5. The molecule has 0 rings (SSSR count). The van der Waals surface area contributed by atoms with Gasteiger partial charge in [0.25, 0.3) is 0 Å². The van der Waals surface area contributed by atoms with Gasteiger partial charge in [-0.05, 0) is 6.92 Å². The molecule has 3 amide bonds. The molecule has 0 aliphatic carbocycles. The van der Waals surface area contributed by atoms with Crippen LogP contribution in [0.5, 0.6) is 0 Å². The Bertz CT molecular complexity index is 514. The van der Waals surface area contributed by atoms with Crippen molar-refractivity contribution < 1.29 is 34.2 Å². The third-order valence-corrected chi connectivity index (χ3v) is 3.08. The molecule has 0 bridgehead atoms. The molecule has 3 unspecified atom stereocenters. The molecule has 0 aromatic carbocycles. The average molecular weight is 364 g/mol. The van der Waals surface area contributed by atoms with Gasteiger partial charge in [-0.2, -0.15) is 12.6 Å². The van der Waals surface area contributed by atoms with Crippen molar-refractivity contribution in [1.29, 1.82) is 0 Å². The zero-order chi connectivity index (χ0) is 18.9. The molecule has 0 fully saturated rings. The molecular weight excluding hydrogens is 344 g/mol. The molecule has 0 aliphatic rings. The van der Waals surface area contributed by atoms with E-state index < -0.39 is 60.8 Å². The Morgan fingerprint density at radius 2 is 1.67 bits per heavy atom. The van der Waals surface area contributed by atoms with Crippen molar-refractivity contribution in [1.82, 2.24) is 16.0 Å². The van der Waals surface area contributed by atoms with Gasteiger partial charge in [0.2, 0.25) is 17.7 Å². The minimum atomic E-state index is -1.31. The number of hydrogen-bond acceptors (Lipinski definition) is 7. The lowest BCUT2D eigenvalue weighted by molar-refractivity contribution is -0.141. The van der Waals surface area contributed by atoms with Gasteiger partial charge in [0, 0.05) is 5.75 Å². The number of carboxylic acid groups (broad SMARTS) is 2. The van der Waals surface area contributed by atoms with E-state index in [1.807, 2.05) is 0 Å². The maximum atomic E-state index is 11.8. The highest BCUT2D eigenvalue weighted by molar-refractivity contribution is 7.80. The zero-order valence-corrected chi connectivity index (χ0v) is 13.7. The third kappa shape index (κ3) is 8.33. The van der Waals surface area contributed by atoms with Crippen LogP contribution in [0.25, 0.3) is 0 Å². The maximum absolute atomic E-state index is 11.8. The molecule has 7 N–H and O–H groups in total. The molecule has 0 spiro atoms. The maximum Gasteiger partial charge on any atom is 0.325 e. The number of carboxylic acids is 2. The molecule has 0 aliphatic heterocycles.